The molecule has 0 spiro atoms. The molecule has 0 atom stereocenters. The summed E-state index contributed by atoms with van der Waals surface area (Å²) in [6, 6.07) is 10.5. The molecule has 0 fully saturated rings. The number of fused-ring (bicyclic) bond motifs is 1. The smallest absolute Gasteiger partial charge is 0.258 e. The lowest BCUT2D eigenvalue weighted by atomic mass is 10.0. The second kappa shape index (κ2) is 5.99. The minimum absolute atomic E-state index is 0.0131. The average molecular weight is 346 g/mol. The summed E-state index contributed by atoms with van der Waals surface area (Å²) in [6.07, 6.45) is 0.641. The normalized spacial score (nSPS) is 15.1. The highest BCUT2D eigenvalue weighted by atomic mass is 32.2. The third kappa shape index (κ3) is 2.81. The van der Waals surface area contributed by atoms with E-state index in [0.29, 0.717) is 30.6 Å². The second-order valence-electron chi connectivity index (χ2n) is 6.02. The van der Waals surface area contributed by atoms with E-state index in [-0.39, 0.29) is 10.6 Å². The molecule has 2 aromatic carbocycles. The molecule has 0 saturated heterocycles. The standard InChI is InChI=1S/C17H18N2O4S/c1-12-9-13(2)17(10-16(12)19(20)21)24(22,23)18-8-7-14-5-3-4-6-15(14)11-18/h3-6,9-10H,7-8,11H2,1-2H3. The number of rotatable bonds is 3. The number of nitro benzene ring substituents is 1. The molecular weight excluding hydrogens is 328 g/mol. The lowest BCUT2D eigenvalue weighted by Gasteiger charge is -2.28. The molecule has 0 aromatic heterocycles. The summed E-state index contributed by atoms with van der Waals surface area (Å²) in [7, 11) is -3.78. The molecule has 7 heteroatoms. The van der Waals surface area contributed by atoms with Crippen LogP contribution in [0.5, 0.6) is 0 Å². The lowest BCUT2D eigenvalue weighted by Crippen LogP contribution is -2.36. The van der Waals surface area contributed by atoms with E-state index in [1.54, 1.807) is 19.9 Å². The maximum Gasteiger partial charge on any atom is 0.273 e. The van der Waals surface area contributed by atoms with Crippen molar-refractivity contribution in [2.45, 2.75) is 31.7 Å². The number of nitrogens with zero attached hydrogens (tertiary/aromatic N) is 2. The molecule has 0 aliphatic carbocycles. The van der Waals surface area contributed by atoms with Gasteiger partial charge >= 0.3 is 0 Å². The molecule has 0 N–H and O–H groups in total. The van der Waals surface area contributed by atoms with Crippen molar-refractivity contribution in [1.29, 1.82) is 0 Å². The van der Waals surface area contributed by atoms with Gasteiger partial charge in [-0.15, -0.1) is 0 Å². The second-order valence-corrected chi connectivity index (χ2v) is 7.92. The van der Waals surface area contributed by atoms with Crippen LogP contribution >= 0.6 is 0 Å². The SMILES string of the molecule is Cc1cc(C)c(S(=O)(=O)N2CCc3ccccc3C2)cc1[N+](=O)[O-]. The minimum Gasteiger partial charge on any atom is -0.258 e. The van der Waals surface area contributed by atoms with Crippen molar-refractivity contribution in [3.05, 3.63) is 68.8 Å². The molecule has 126 valence electrons. The lowest BCUT2D eigenvalue weighted by molar-refractivity contribution is -0.385. The zero-order valence-corrected chi connectivity index (χ0v) is 14.3. The van der Waals surface area contributed by atoms with E-state index in [4.69, 9.17) is 0 Å². The van der Waals surface area contributed by atoms with Gasteiger partial charge in [0.15, 0.2) is 0 Å². The van der Waals surface area contributed by atoms with Gasteiger partial charge in [-0.2, -0.15) is 4.31 Å². The zero-order valence-electron chi connectivity index (χ0n) is 13.5. The van der Waals surface area contributed by atoms with E-state index in [1.165, 1.54) is 10.4 Å². The van der Waals surface area contributed by atoms with E-state index < -0.39 is 14.9 Å². The Hall–Kier alpha value is -2.25. The Morgan fingerprint density at radius 3 is 2.42 bits per heavy atom. The Morgan fingerprint density at radius 2 is 1.75 bits per heavy atom. The van der Waals surface area contributed by atoms with Crippen molar-refractivity contribution in [3.63, 3.8) is 0 Å². The average Bonchev–Trinajstić information content (AvgIpc) is 2.53. The van der Waals surface area contributed by atoms with Crippen molar-refractivity contribution in [3.8, 4) is 0 Å². The highest BCUT2D eigenvalue weighted by Crippen LogP contribution is 2.30. The predicted octanol–water partition coefficient (Wildman–Crippen LogP) is 2.96. The van der Waals surface area contributed by atoms with Gasteiger partial charge in [0.1, 0.15) is 0 Å². The molecule has 2 aromatic rings. The molecule has 1 heterocycles. The fourth-order valence-corrected chi connectivity index (χ4v) is 4.76. The van der Waals surface area contributed by atoms with E-state index in [2.05, 4.69) is 0 Å². The van der Waals surface area contributed by atoms with Gasteiger partial charge in [0, 0.05) is 24.7 Å². The van der Waals surface area contributed by atoms with Gasteiger partial charge < -0.3 is 0 Å². The van der Waals surface area contributed by atoms with Crippen LogP contribution in [0.3, 0.4) is 0 Å². The summed E-state index contributed by atoms with van der Waals surface area (Å²) in [4.78, 5) is 10.6. The van der Waals surface area contributed by atoms with Crippen molar-refractivity contribution in [2.24, 2.45) is 0 Å². The largest absolute Gasteiger partial charge is 0.273 e. The summed E-state index contributed by atoms with van der Waals surface area (Å²) in [5.74, 6) is 0. The fourth-order valence-electron chi connectivity index (χ4n) is 3.11. The van der Waals surface area contributed by atoms with Gasteiger partial charge in [0.2, 0.25) is 10.0 Å². The first-order valence-corrected chi connectivity index (χ1v) is 9.07. The molecule has 1 aliphatic rings. The number of sulfonamides is 1. The Labute approximate surface area is 140 Å². The van der Waals surface area contributed by atoms with Crippen LogP contribution in [0.15, 0.2) is 41.3 Å². The van der Waals surface area contributed by atoms with Gasteiger partial charge in [0.05, 0.1) is 9.82 Å². The van der Waals surface area contributed by atoms with Crippen LogP contribution in [-0.4, -0.2) is 24.2 Å². The van der Waals surface area contributed by atoms with Crippen LogP contribution in [0, 0.1) is 24.0 Å². The monoisotopic (exact) mass is 346 g/mol. The van der Waals surface area contributed by atoms with Crippen molar-refractivity contribution >= 4 is 15.7 Å². The Bertz CT molecular complexity index is 922. The van der Waals surface area contributed by atoms with E-state index in [0.717, 1.165) is 11.1 Å². The van der Waals surface area contributed by atoms with Crippen LogP contribution < -0.4 is 0 Å². The molecule has 3 rings (SSSR count). The maximum atomic E-state index is 13.0. The maximum absolute atomic E-state index is 13.0. The third-order valence-corrected chi connectivity index (χ3v) is 6.39. The van der Waals surface area contributed by atoms with Crippen molar-refractivity contribution in [1.82, 2.24) is 4.31 Å². The third-order valence-electron chi connectivity index (χ3n) is 4.40. The molecule has 1 aliphatic heterocycles. The first-order valence-electron chi connectivity index (χ1n) is 7.63. The van der Waals surface area contributed by atoms with Gasteiger partial charge in [-0.25, -0.2) is 8.42 Å². The van der Waals surface area contributed by atoms with Crippen LogP contribution in [-0.2, 0) is 23.0 Å². The molecule has 0 radical (unpaired) electrons. The van der Waals surface area contributed by atoms with Gasteiger partial charge in [-0.3, -0.25) is 10.1 Å². The Balaban J connectivity index is 2.03. The summed E-state index contributed by atoms with van der Waals surface area (Å²) < 4.78 is 27.4. The zero-order chi connectivity index (χ0) is 17.5. The minimum atomic E-state index is -3.78. The number of hydrogen-bond acceptors (Lipinski definition) is 4. The quantitative estimate of drug-likeness (QED) is 0.632. The van der Waals surface area contributed by atoms with Gasteiger partial charge in [0.25, 0.3) is 5.69 Å². The number of nitro groups is 1. The molecule has 6 nitrogen and oxygen atoms in total. The highest BCUT2D eigenvalue weighted by molar-refractivity contribution is 7.89. The highest BCUT2D eigenvalue weighted by Gasteiger charge is 2.31. The van der Waals surface area contributed by atoms with Gasteiger partial charge in [-0.1, -0.05) is 24.3 Å². The first-order chi connectivity index (χ1) is 11.3. The van der Waals surface area contributed by atoms with Crippen LogP contribution in [0.2, 0.25) is 0 Å². The van der Waals surface area contributed by atoms with Crippen LogP contribution in [0.1, 0.15) is 22.3 Å². The summed E-state index contributed by atoms with van der Waals surface area (Å²) in [6.45, 7) is 3.94. The van der Waals surface area contributed by atoms with Gasteiger partial charge in [-0.05, 0) is 43.0 Å². The van der Waals surface area contributed by atoms with E-state index in [9.17, 15) is 18.5 Å². The van der Waals surface area contributed by atoms with Crippen LogP contribution in [0.4, 0.5) is 5.69 Å². The number of hydrogen-bond donors (Lipinski definition) is 0. The molecule has 0 bridgehead atoms. The summed E-state index contributed by atoms with van der Waals surface area (Å²) in [5, 5.41) is 11.1. The molecule has 0 amide bonds. The number of benzene rings is 2. The first kappa shape index (κ1) is 16.6. The number of aryl methyl sites for hydroxylation is 2. The topological polar surface area (TPSA) is 80.5 Å². The summed E-state index contributed by atoms with van der Waals surface area (Å²) >= 11 is 0. The molecule has 24 heavy (non-hydrogen) atoms. The van der Waals surface area contributed by atoms with E-state index in [1.807, 2.05) is 24.3 Å². The molecule has 0 unspecified atom stereocenters. The molecule has 0 saturated carbocycles. The van der Waals surface area contributed by atoms with Crippen molar-refractivity contribution < 1.29 is 13.3 Å². The van der Waals surface area contributed by atoms with Crippen LogP contribution in [0.25, 0.3) is 0 Å². The Morgan fingerprint density at radius 1 is 1.08 bits per heavy atom. The van der Waals surface area contributed by atoms with E-state index >= 15 is 0 Å². The fraction of sp³-hybridized carbons (Fsp3) is 0.294. The van der Waals surface area contributed by atoms with Crippen molar-refractivity contribution in [2.75, 3.05) is 6.54 Å². The summed E-state index contributed by atoms with van der Waals surface area (Å²) in [5.41, 5.74) is 2.94. The molecular formula is C17H18N2O4S. The predicted molar refractivity (Wildman–Crippen MR) is 90.3 cm³/mol. The Kier molecular flexibility index (Phi) is 4.15.